The Kier molecular flexibility index (Phi) is 4.64. The molecule has 0 saturated carbocycles. The molecule has 0 aromatic heterocycles. The SMILES string of the molecule is CC(N)Cc1cccc(Oc2cccc(N(C)C)c2)c1. The van der Waals surface area contributed by atoms with Crippen molar-refractivity contribution in [2.45, 2.75) is 19.4 Å². The second-order valence-corrected chi connectivity index (χ2v) is 5.32. The Labute approximate surface area is 121 Å². The maximum atomic E-state index is 5.92. The molecule has 2 aromatic rings. The van der Waals surface area contributed by atoms with E-state index in [1.165, 1.54) is 5.56 Å². The van der Waals surface area contributed by atoms with Crippen molar-refractivity contribution in [3.8, 4) is 11.5 Å². The maximum absolute atomic E-state index is 5.92. The summed E-state index contributed by atoms with van der Waals surface area (Å²) in [6.07, 6.45) is 0.856. The van der Waals surface area contributed by atoms with E-state index in [9.17, 15) is 0 Å². The van der Waals surface area contributed by atoms with Crippen molar-refractivity contribution in [1.29, 1.82) is 0 Å². The molecule has 2 aromatic carbocycles. The van der Waals surface area contributed by atoms with Gasteiger partial charge in [0.15, 0.2) is 0 Å². The van der Waals surface area contributed by atoms with Crippen LogP contribution in [0.2, 0.25) is 0 Å². The van der Waals surface area contributed by atoms with Crippen LogP contribution in [0.1, 0.15) is 12.5 Å². The molecule has 0 saturated heterocycles. The van der Waals surface area contributed by atoms with E-state index in [0.29, 0.717) is 0 Å². The number of ether oxygens (including phenoxy) is 1. The average molecular weight is 270 g/mol. The lowest BCUT2D eigenvalue weighted by Gasteiger charge is -2.14. The summed E-state index contributed by atoms with van der Waals surface area (Å²) >= 11 is 0. The molecule has 0 fully saturated rings. The third-order valence-electron chi connectivity index (χ3n) is 3.03. The quantitative estimate of drug-likeness (QED) is 0.904. The van der Waals surface area contributed by atoms with E-state index < -0.39 is 0 Å². The molecular weight excluding hydrogens is 248 g/mol. The Balaban J connectivity index is 2.15. The van der Waals surface area contributed by atoms with E-state index in [4.69, 9.17) is 10.5 Å². The first kappa shape index (κ1) is 14.4. The van der Waals surface area contributed by atoms with Crippen LogP contribution in [-0.2, 0) is 6.42 Å². The molecule has 0 amide bonds. The Morgan fingerprint density at radius 1 is 1.05 bits per heavy atom. The van der Waals surface area contributed by atoms with Gasteiger partial charge in [-0.2, -0.15) is 0 Å². The molecule has 0 aliphatic rings. The fourth-order valence-corrected chi connectivity index (χ4v) is 2.07. The molecule has 2 N–H and O–H groups in total. The summed E-state index contributed by atoms with van der Waals surface area (Å²) < 4.78 is 5.92. The predicted octanol–water partition coefficient (Wildman–Crippen LogP) is 3.43. The topological polar surface area (TPSA) is 38.5 Å². The van der Waals surface area contributed by atoms with Gasteiger partial charge in [0.05, 0.1) is 0 Å². The molecule has 0 aliphatic heterocycles. The standard InChI is InChI=1S/C17H22N2O/c1-13(18)10-14-6-4-8-16(11-14)20-17-9-5-7-15(12-17)19(2)3/h4-9,11-13H,10,18H2,1-3H3. The predicted molar refractivity (Wildman–Crippen MR) is 84.6 cm³/mol. The largest absolute Gasteiger partial charge is 0.457 e. The van der Waals surface area contributed by atoms with Gasteiger partial charge in [0.2, 0.25) is 0 Å². The molecule has 0 aliphatic carbocycles. The molecule has 3 heteroatoms. The molecule has 0 radical (unpaired) electrons. The fraction of sp³-hybridized carbons (Fsp3) is 0.294. The molecule has 20 heavy (non-hydrogen) atoms. The second-order valence-electron chi connectivity index (χ2n) is 5.32. The number of nitrogens with two attached hydrogens (primary N) is 1. The number of nitrogens with zero attached hydrogens (tertiary/aromatic N) is 1. The maximum Gasteiger partial charge on any atom is 0.129 e. The highest BCUT2D eigenvalue weighted by Crippen LogP contribution is 2.26. The van der Waals surface area contributed by atoms with Crippen LogP contribution in [0, 0.1) is 0 Å². The van der Waals surface area contributed by atoms with E-state index in [-0.39, 0.29) is 6.04 Å². The fourth-order valence-electron chi connectivity index (χ4n) is 2.07. The zero-order valence-corrected chi connectivity index (χ0v) is 12.3. The Morgan fingerprint density at radius 2 is 1.70 bits per heavy atom. The number of benzene rings is 2. The van der Waals surface area contributed by atoms with Crippen molar-refractivity contribution in [2.75, 3.05) is 19.0 Å². The number of hydrogen-bond donors (Lipinski definition) is 1. The van der Waals surface area contributed by atoms with Gasteiger partial charge < -0.3 is 15.4 Å². The van der Waals surface area contributed by atoms with Crippen molar-refractivity contribution in [3.05, 3.63) is 54.1 Å². The zero-order chi connectivity index (χ0) is 14.5. The van der Waals surface area contributed by atoms with Crippen LogP contribution >= 0.6 is 0 Å². The first-order chi connectivity index (χ1) is 9.54. The molecule has 0 bridgehead atoms. The normalized spacial score (nSPS) is 12.0. The van der Waals surface area contributed by atoms with E-state index in [0.717, 1.165) is 23.6 Å². The summed E-state index contributed by atoms with van der Waals surface area (Å²) in [6.45, 7) is 2.01. The van der Waals surface area contributed by atoms with Crippen molar-refractivity contribution in [2.24, 2.45) is 5.73 Å². The van der Waals surface area contributed by atoms with Crippen molar-refractivity contribution < 1.29 is 4.74 Å². The molecule has 1 unspecified atom stereocenters. The van der Waals surface area contributed by atoms with Gasteiger partial charge in [-0.15, -0.1) is 0 Å². The molecule has 0 heterocycles. The third-order valence-corrected chi connectivity index (χ3v) is 3.03. The van der Waals surface area contributed by atoms with Crippen LogP contribution in [0.4, 0.5) is 5.69 Å². The first-order valence-corrected chi connectivity index (χ1v) is 6.84. The number of hydrogen-bond acceptors (Lipinski definition) is 3. The van der Waals surface area contributed by atoms with Crippen LogP contribution in [0.3, 0.4) is 0 Å². The van der Waals surface area contributed by atoms with Crippen LogP contribution in [-0.4, -0.2) is 20.1 Å². The van der Waals surface area contributed by atoms with Crippen LogP contribution < -0.4 is 15.4 Å². The number of anilines is 1. The van der Waals surface area contributed by atoms with Gasteiger partial charge in [-0.1, -0.05) is 18.2 Å². The highest BCUT2D eigenvalue weighted by molar-refractivity contribution is 5.50. The van der Waals surface area contributed by atoms with Crippen LogP contribution in [0.25, 0.3) is 0 Å². The lowest BCUT2D eigenvalue weighted by molar-refractivity contribution is 0.482. The minimum absolute atomic E-state index is 0.155. The third kappa shape index (κ3) is 4.00. The van der Waals surface area contributed by atoms with Gasteiger partial charge in [0.25, 0.3) is 0 Å². The summed E-state index contributed by atoms with van der Waals surface area (Å²) in [5.41, 5.74) is 8.15. The molecule has 1 atom stereocenters. The lowest BCUT2D eigenvalue weighted by Crippen LogP contribution is -2.17. The summed E-state index contributed by atoms with van der Waals surface area (Å²) in [7, 11) is 4.03. The molecule has 106 valence electrons. The minimum atomic E-state index is 0.155. The van der Waals surface area contributed by atoms with Gasteiger partial charge >= 0.3 is 0 Å². The van der Waals surface area contributed by atoms with Gasteiger partial charge in [-0.3, -0.25) is 0 Å². The van der Waals surface area contributed by atoms with E-state index in [1.807, 2.05) is 57.4 Å². The van der Waals surface area contributed by atoms with E-state index in [1.54, 1.807) is 0 Å². The molecule has 0 spiro atoms. The van der Waals surface area contributed by atoms with Crippen molar-refractivity contribution in [3.63, 3.8) is 0 Å². The molecule has 2 rings (SSSR count). The highest BCUT2D eigenvalue weighted by Gasteiger charge is 2.03. The average Bonchev–Trinajstić information content (AvgIpc) is 2.38. The molecule has 3 nitrogen and oxygen atoms in total. The van der Waals surface area contributed by atoms with Crippen LogP contribution in [0.5, 0.6) is 11.5 Å². The molecular formula is C17H22N2O. The zero-order valence-electron chi connectivity index (χ0n) is 12.3. The number of rotatable bonds is 5. The van der Waals surface area contributed by atoms with Crippen molar-refractivity contribution >= 4 is 5.69 Å². The summed E-state index contributed by atoms with van der Waals surface area (Å²) in [5, 5.41) is 0. The Morgan fingerprint density at radius 3 is 2.35 bits per heavy atom. The first-order valence-electron chi connectivity index (χ1n) is 6.84. The summed E-state index contributed by atoms with van der Waals surface area (Å²) in [6, 6.07) is 16.3. The van der Waals surface area contributed by atoms with E-state index in [2.05, 4.69) is 17.0 Å². The monoisotopic (exact) mass is 270 g/mol. The second kappa shape index (κ2) is 6.44. The Hall–Kier alpha value is -2.00. The van der Waals surface area contributed by atoms with Gasteiger partial charge in [0.1, 0.15) is 11.5 Å². The van der Waals surface area contributed by atoms with Crippen LogP contribution in [0.15, 0.2) is 48.5 Å². The van der Waals surface area contributed by atoms with Crippen molar-refractivity contribution in [1.82, 2.24) is 0 Å². The summed E-state index contributed by atoms with van der Waals surface area (Å²) in [4.78, 5) is 2.05. The van der Waals surface area contributed by atoms with E-state index >= 15 is 0 Å². The lowest BCUT2D eigenvalue weighted by atomic mass is 10.1. The van der Waals surface area contributed by atoms with Gasteiger partial charge in [-0.05, 0) is 43.2 Å². The highest BCUT2D eigenvalue weighted by atomic mass is 16.5. The van der Waals surface area contributed by atoms with Gasteiger partial charge in [-0.25, -0.2) is 0 Å². The minimum Gasteiger partial charge on any atom is -0.457 e. The van der Waals surface area contributed by atoms with Gasteiger partial charge in [0, 0.05) is 31.9 Å². The smallest absolute Gasteiger partial charge is 0.129 e. The Bertz CT molecular complexity index is 564. The summed E-state index contributed by atoms with van der Waals surface area (Å²) in [5.74, 6) is 1.69.